The summed E-state index contributed by atoms with van der Waals surface area (Å²) in [5.41, 5.74) is 4.11. The van der Waals surface area contributed by atoms with Gasteiger partial charge in [0.05, 0.1) is 11.4 Å². The van der Waals surface area contributed by atoms with E-state index < -0.39 is 0 Å². The van der Waals surface area contributed by atoms with Crippen molar-refractivity contribution in [3.05, 3.63) is 84.9 Å². The molecule has 0 aliphatic carbocycles. The average molecular weight is 258 g/mol. The topological polar surface area (TPSA) is 24.7 Å². The zero-order valence-corrected chi connectivity index (χ0v) is 11.0. The maximum Gasteiger partial charge on any atom is 0.0857 e. The summed E-state index contributed by atoms with van der Waals surface area (Å²) in [5, 5.41) is 8.44. The van der Waals surface area contributed by atoms with Crippen molar-refractivity contribution >= 4 is 11.4 Å². The minimum Gasteiger partial charge on any atom is -0.151 e. The van der Waals surface area contributed by atoms with Crippen LogP contribution in [0.1, 0.15) is 0 Å². The zero-order chi connectivity index (χ0) is 13.6. The monoisotopic (exact) mass is 258 g/mol. The van der Waals surface area contributed by atoms with Gasteiger partial charge in [0.2, 0.25) is 0 Å². The minimum atomic E-state index is 0.855. The summed E-state index contributed by atoms with van der Waals surface area (Å²) in [6.45, 7) is 0. The summed E-state index contributed by atoms with van der Waals surface area (Å²) >= 11 is 0. The number of hydrogen-bond acceptors (Lipinski definition) is 2. The third-order valence-corrected chi connectivity index (χ3v) is 3.01. The van der Waals surface area contributed by atoms with Crippen LogP contribution in [0.3, 0.4) is 0 Å². The number of rotatable bonds is 3. The van der Waals surface area contributed by atoms with E-state index in [2.05, 4.69) is 34.5 Å². The normalized spacial score (nSPS) is 10.8. The molecule has 0 atom stereocenters. The van der Waals surface area contributed by atoms with E-state index in [1.165, 1.54) is 11.1 Å². The predicted octanol–water partition coefficient (Wildman–Crippen LogP) is 5.77. The molecule has 3 rings (SSSR count). The molecule has 20 heavy (non-hydrogen) atoms. The van der Waals surface area contributed by atoms with Gasteiger partial charge in [0, 0.05) is 0 Å². The van der Waals surface area contributed by atoms with Gasteiger partial charge in [-0.25, -0.2) is 0 Å². The molecule has 0 N–H and O–H groups in total. The Labute approximate surface area is 118 Å². The summed E-state index contributed by atoms with van der Waals surface area (Å²) < 4.78 is 0. The molecule has 0 heterocycles. The van der Waals surface area contributed by atoms with Gasteiger partial charge >= 0.3 is 0 Å². The van der Waals surface area contributed by atoms with Crippen molar-refractivity contribution in [2.45, 2.75) is 0 Å². The Morgan fingerprint density at radius 2 is 0.850 bits per heavy atom. The molecule has 3 aromatic carbocycles. The average Bonchev–Trinajstić information content (AvgIpc) is 2.55. The van der Waals surface area contributed by atoms with Gasteiger partial charge in [-0.2, -0.15) is 10.2 Å². The maximum atomic E-state index is 4.24. The van der Waals surface area contributed by atoms with Crippen LogP contribution in [-0.4, -0.2) is 0 Å². The van der Waals surface area contributed by atoms with Crippen LogP contribution < -0.4 is 0 Å². The molecule has 0 bridgehead atoms. The Balaban J connectivity index is 1.79. The third-order valence-electron chi connectivity index (χ3n) is 3.01. The number of azo groups is 1. The summed E-state index contributed by atoms with van der Waals surface area (Å²) in [5.74, 6) is 0. The van der Waals surface area contributed by atoms with E-state index in [1.807, 2.05) is 60.7 Å². The van der Waals surface area contributed by atoms with Crippen LogP contribution in [-0.2, 0) is 0 Å². The Kier molecular flexibility index (Phi) is 3.65. The lowest BCUT2D eigenvalue weighted by atomic mass is 10.1. The second-order valence-corrected chi connectivity index (χ2v) is 4.45. The second kappa shape index (κ2) is 5.93. The molecule has 0 amide bonds. The second-order valence-electron chi connectivity index (χ2n) is 4.45. The predicted molar refractivity (Wildman–Crippen MR) is 82.5 cm³/mol. The molecule has 0 spiro atoms. The van der Waals surface area contributed by atoms with E-state index in [9.17, 15) is 0 Å². The molecule has 2 heteroatoms. The highest BCUT2D eigenvalue weighted by molar-refractivity contribution is 5.65. The van der Waals surface area contributed by atoms with Gasteiger partial charge in [-0.05, 0) is 35.4 Å². The lowest BCUT2D eigenvalue weighted by Gasteiger charge is -2.01. The number of benzene rings is 3. The molecule has 0 aliphatic rings. The summed E-state index contributed by atoms with van der Waals surface area (Å²) in [4.78, 5) is 0. The molecule has 3 aromatic rings. The Bertz CT molecular complexity index is 687. The Morgan fingerprint density at radius 1 is 0.400 bits per heavy atom. The standard InChI is InChI=1S/C18H14N2/c1-3-7-15(8-4-1)16-11-13-18(14-12-16)20-19-17-9-5-2-6-10-17/h1-14H. The van der Waals surface area contributed by atoms with Gasteiger partial charge in [-0.15, -0.1) is 0 Å². The van der Waals surface area contributed by atoms with Crippen LogP contribution in [0.4, 0.5) is 11.4 Å². The van der Waals surface area contributed by atoms with Crippen molar-refractivity contribution in [2.75, 3.05) is 0 Å². The molecule has 2 nitrogen and oxygen atoms in total. The van der Waals surface area contributed by atoms with E-state index in [1.54, 1.807) is 0 Å². The van der Waals surface area contributed by atoms with E-state index in [0.29, 0.717) is 0 Å². The Morgan fingerprint density at radius 3 is 1.45 bits per heavy atom. The first-order valence-electron chi connectivity index (χ1n) is 6.54. The summed E-state index contributed by atoms with van der Waals surface area (Å²) in [6.07, 6.45) is 0. The van der Waals surface area contributed by atoms with Crippen molar-refractivity contribution in [1.29, 1.82) is 0 Å². The van der Waals surface area contributed by atoms with Gasteiger partial charge in [0.1, 0.15) is 0 Å². The molecule has 0 saturated heterocycles. The summed E-state index contributed by atoms with van der Waals surface area (Å²) in [6, 6.07) is 28.1. The molecule has 0 unspecified atom stereocenters. The molecule has 0 fully saturated rings. The van der Waals surface area contributed by atoms with Crippen molar-refractivity contribution in [1.82, 2.24) is 0 Å². The van der Waals surface area contributed by atoms with Crippen LogP contribution in [0.25, 0.3) is 11.1 Å². The van der Waals surface area contributed by atoms with Crippen molar-refractivity contribution in [2.24, 2.45) is 10.2 Å². The highest BCUT2D eigenvalue weighted by Crippen LogP contribution is 2.23. The van der Waals surface area contributed by atoms with Crippen LogP contribution in [0, 0.1) is 0 Å². The van der Waals surface area contributed by atoms with E-state index in [-0.39, 0.29) is 0 Å². The van der Waals surface area contributed by atoms with Crippen molar-refractivity contribution < 1.29 is 0 Å². The van der Waals surface area contributed by atoms with E-state index in [0.717, 1.165) is 11.4 Å². The minimum absolute atomic E-state index is 0.855. The van der Waals surface area contributed by atoms with Crippen LogP contribution in [0.2, 0.25) is 0 Å². The smallest absolute Gasteiger partial charge is 0.0857 e. The molecular weight excluding hydrogens is 244 g/mol. The first-order valence-corrected chi connectivity index (χ1v) is 6.54. The van der Waals surface area contributed by atoms with Gasteiger partial charge < -0.3 is 0 Å². The quantitative estimate of drug-likeness (QED) is 0.533. The zero-order valence-electron chi connectivity index (χ0n) is 11.0. The number of nitrogens with zero attached hydrogens (tertiary/aromatic N) is 2. The largest absolute Gasteiger partial charge is 0.151 e. The fraction of sp³-hybridized carbons (Fsp3) is 0. The first kappa shape index (κ1) is 12.3. The third kappa shape index (κ3) is 2.98. The molecule has 0 aliphatic heterocycles. The Hall–Kier alpha value is -2.74. The first-order chi connectivity index (χ1) is 9.92. The molecule has 96 valence electrons. The highest BCUT2D eigenvalue weighted by Gasteiger charge is 1.96. The van der Waals surface area contributed by atoms with Gasteiger partial charge in [-0.3, -0.25) is 0 Å². The molecular formula is C18H14N2. The van der Waals surface area contributed by atoms with E-state index >= 15 is 0 Å². The SMILES string of the molecule is c1ccc(N=Nc2ccc(-c3ccccc3)cc2)cc1. The lowest BCUT2D eigenvalue weighted by Crippen LogP contribution is -1.75. The summed E-state index contributed by atoms with van der Waals surface area (Å²) in [7, 11) is 0. The maximum absolute atomic E-state index is 4.24. The molecule has 0 saturated carbocycles. The van der Waals surface area contributed by atoms with E-state index in [4.69, 9.17) is 0 Å². The molecule has 0 radical (unpaired) electrons. The molecule has 0 aromatic heterocycles. The fourth-order valence-corrected chi connectivity index (χ4v) is 1.96. The van der Waals surface area contributed by atoms with Crippen molar-refractivity contribution in [3.8, 4) is 11.1 Å². The van der Waals surface area contributed by atoms with Gasteiger partial charge in [0.25, 0.3) is 0 Å². The lowest BCUT2D eigenvalue weighted by molar-refractivity contribution is 1.23. The fourth-order valence-electron chi connectivity index (χ4n) is 1.96. The van der Waals surface area contributed by atoms with Crippen molar-refractivity contribution in [3.63, 3.8) is 0 Å². The number of hydrogen-bond donors (Lipinski definition) is 0. The van der Waals surface area contributed by atoms with Crippen LogP contribution >= 0.6 is 0 Å². The highest BCUT2D eigenvalue weighted by atomic mass is 15.1. The van der Waals surface area contributed by atoms with Gasteiger partial charge in [0.15, 0.2) is 0 Å². The van der Waals surface area contributed by atoms with Gasteiger partial charge in [-0.1, -0.05) is 60.7 Å². The van der Waals surface area contributed by atoms with Crippen LogP contribution in [0.15, 0.2) is 95.2 Å². The van der Waals surface area contributed by atoms with Crippen LogP contribution in [0.5, 0.6) is 0 Å².